The highest BCUT2D eigenvalue weighted by Crippen LogP contribution is 2.29. The van der Waals surface area contributed by atoms with Gasteiger partial charge in [0.2, 0.25) is 0 Å². The zero-order chi connectivity index (χ0) is 10.8. The third-order valence-electron chi connectivity index (χ3n) is 1.92. The largest absolute Gasteiger partial charge is 0.462 e. The Morgan fingerprint density at radius 2 is 2.47 bits per heavy atom. The lowest BCUT2D eigenvalue weighted by atomic mass is 10.2. The van der Waals surface area contributed by atoms with Crippen LogP contribution in [0.2, 0.25) is 5.02 Å². The summed E-state index contributed by atoms with van der Waals surface area (Å²) in [5.74, 6) is -0.428. The first-order valence-corrected chi connectivity index (χ1v) is 5.68. The predicted octanol–water partition coefficient (Wildman–Crippen LogP) is 3.13. The molecule has 0 saturated carbocycles. The number of carbonyl (C=O) groups is 1. The molecule has 0 unspecified atom stereocenters. The van der Waals surface area contributed by atoms with Gasteiger partial charge in [0.1, 0.15) is 4.83 Å². The molecule has 5 heteroatoms. The van der Waals surface area contributed by atoms with Gasteiger partial charge in [-0.05, 0) is 18.4 Å². The molecule has 0 saturated heterocycles. The highest BCUT2D eigenvalue weighted by atomic mass is 35.5. The topological polar surface area (TPSA) is 39.2 Å². The molecule has 0 bridgehead atoms. The lowest BCUT2D eigenvalue weighted by Crippen LogP contribution is -2.05. The Morgan fingerprint density at radius 3 is 3.20 bits per heavy atom. The molecule has 0 N–H and O–H groups in total. The number of halogens is 1. The van der Waals surface area contributed by atoms with Crippen LogP contribution < -0.4 is 0 Å². The molecule has 0 aliphatic rings. The van der Waals surface area contributed by atoms with Gasteiger partial charge >= 0.3 is 5.97 Å². The number of rotatable bonds is 2. The van der Waals surface area contributed by atoms with Gasteiger partial charge in [-0.3, -0.25) is 0 Å². The van der Waals surface area contributed by atoms with Crippen molar-refractivity contribution in [2.75, 3.05) is 6.61 Å². The van der Waals surface area contributed by atoms with E-state index < -0.39 is 5.97 Å². The number of aromatic nitrogens is 1. The maximum absolute atomic E-state index is 11.5. The molecule has 0 amide bonds. The van der Waals surface area contributed by atoms with E-state index in [1.54, 1.807) is 6.92 Å². The Kier molecular flexibility index (Phi) is 2.88. The molecule has 0 fully saturated rings. The third kappa shape index (κ3) is 1.82. The van der Waals surface area contributed by atoms with E-state index in [1.807, 2.05) is 11.4 Å². The van der Waals surface area contributed by atoms with Gasteiger partial charge in [0.25, 0.3) is 0 Å². The van der Waals surface area contributed by atoms with Crippen LogP contribution in [0.5, 0.6) is 0 Å². The van der Waals surface area contributed by atoms with Crippen molar-refractivity contribution >= 4 is 39.1 Å². The fraction of sp³-hybridized carbons (Fsp3) is 0.200. The number of ether oxygens (including phenoxy) is 1. The van der Waals surface area contributed by atoms with Crippen LogP contribution in [0.4, 0.5) is 0 Å². The SMILES string of the molecule is CCOC(=O)c1cnc2sccc2c1Cl. The zero-order valence-electron chi connectivity index (χ0n) is 7.99. The summed E-state index contributed by atoms with van der Waals surface area (Å²) in [7, 11) is 0. The Balaban J connectivity index is 2.52. The highest BCUT2D eigenvalue weighted by molar-refractivity contribution is 7.16. The maximum Gasteiger partial charge on any atom is 0.341 e. The van der Waals surface area contributed by atoms with E-state index in [2.05, 4.69) is 4.98 Å². The van der Waals surface area contributed by atoms with E-state index in [0.717, 1.165) is 10.2 Å². The molecule has 0 aliphatic carbocycles. The van der Waals surface area contributed by atoms with Crippen LogP contribution in [0.3, 0.4) is 0 Å². The minimum absolute atomic E-state index is 0.324. The fourth-order valence-electron chi connectivity index (χ4n) is 1.24. The summed E-state index contributed by atoms with van der Waals surface area (Å²) in [5, 5.41) is 3.10. The van der Waals surface area contributed by atoms with Crippen molar-refractivity contribution < 1.29 is 9.53 Å². The van der Waals surface area contributed by atoms with Crippen molar-refractivity contribution in [2.24, 2.45) is 0 Å². The number of fused-ring (bicyclic) bond motifs is 1. The summed E-state index contributed by atoms with van der Waals surface area (Å²) in [6.45, 7) is 2.08. The second-order valence-corrected chi connectivity index (χ2v) is 4.12. The molecule has 3 nitrogen and oxygen atoms in total. The second-order valence-electron chi connectivity index (χ2n) is 2.85. The van der Waals surface area contributed by atoms with Crippen molar-refractivity contribution in [3.8, 4) is 0 Å². The number of hydrogen-bond acceptors (Lipinski definition) is 4. The molecule has 0 aromatic carbocycles. The second kappa shape index (κ2) is 4.16. The zero-order valence-corrected chi connectivity index (χ0v) is 9.56. The van der Waals surface area contributed by atoms with E-state index in [1.165, 1.54) is 17.5 Å². The monoisotopic (exact) mass is 241 g/mol. The minimum atomic E-state index is -0.428. The summed E-state index contributed by atoms with van der Waals surface area (Å²) in [4.78, 5) is 16.5. The number of hydrogen-bond donors (Lipinski definition) is 0. The highest BCUT2D eigenvalue weighted by Gasteiger charge is 2.15. The molecular weight excluding hydrogens is 234 g/mol. The predicted molar refractivity (Wildman–Crippen MR) is 60.6 cm³/mol. The van der Waals surface area contributed by atoms with Gasteiger partial charge in [0.05, 0.1) is 17.2 Å². The van der Waals surface area contributed by atoms with E-state index in [4.69, 9.17) is 16.3 Å². The van der Waals surface area contributed by atoms with Gasteiger partial charge < -0.3 is 4.74 Å². The Labute approximate surface area is 95.6 Å². The van der Waals surface area contributed by atoms with Crippen LogP contribution >= 0.6 is 22.9 Å². The average Bonchev–Trinajstić information content (AvgIpc) is 2.67. The van der Waals surface area contributed by atoms with Crippen molar-refractivity contribution in [3.05, 3.63) is 28.2 Å². The van der Waals surface area contributed by atoms with Gasteiger partial charge in [-0.1, -0.05) is 11.6 Å². The third-order valence-corrected chi connectivity index (χ3v) is 3.15. The summed E-state index contributed by atoms with van der Waals surface area (Å²) in [5.41, 5.74) is 0.324. The van der Waals surface area contributed by atoms with Crippen LogP contribution in [0.1, 0.15) is 17.3 Å². The first-order valence-electron chi connectivity index (χ1n) is 4.43. The van der Waals surface area contributed by atoms with Gasteiger partial charge in [0.15, 0.2) is 0 Å². The van der Waals surface area contributed by atoms with Gasteiger partial charge in [-0.2, -0.15) is 0 Å². The summed E-state index contributed by atoms with van der Waals surface area (Å²) in [6, 6.07) is 1.85. The van der Waals surface area contributed by atoms with E-state index in [-0.39, 0.29) is 0 Å². The van der Waals surface area contributed by atoms with Crippen LogP contribution in [-0.2, 0) is 4.74 Å². The maximum atomic E-state index is 11.5. The molecule has 78 valence electrons. The van der Waals surface area contributed by atoms with Crippen molar-refractivity contribution in [2.45, 2.75) is 6.92 Å². The van der Waals surface area contributed by atoms with Gasteiger partial charge in [-0.15, -0.1) is 11.3 Å². The molecular formula is C10H8ClNO2S. The molecule has 2 rings (SSSR count). The number of carbonyl (C=O) groups excluding carboxylic acids is 1. The van der Waals surface area contributed by atoms with Crippen molar-refractivity contribution in [3.63, 3.8) is 0 Å². The molecule has 2 heterocycles. The van der Waals surface area contributed by atoms with Gasteiger partial charge in [-0.25, -0.2) is 9.78 Å². The molecule has 15 heavy (non-hydrogen) atoms. The fourth-order valence-corrected chi connectivity index (χ4v) is 2.32. The molecule has 2 aromatic rings. The number of esters is 1. The van der Waals surface area contributed by atoms with E-state index in [0.29, 0.717) is 17.2 Å². The number of nitrogens with zero attached hydrogens (tertiary/aromatic N) is 1. The van der Waals surface area contributed by atoms with Crippen molar-refractivity contribution in [1.29, 1.82) is 0 Å². The Hall–Kier alpha value is -1.13. The van der Waals surface area contributed by atoms with Gasteiger partial charge in [0, 0.05) is 11.6 Å². The van der Waals surface area contributed by atoms with Crippen LogP contribution in [0.25, 0.3) is 10.2 Å². The summed E-state index contributed by atoms with van der Waals surface area (Å²) >= 11 is 7.57. The normalized spacial score (nSPS) is 10.5. The number of pyridine rings is 1. The summed E-state index contributed by atoms with van der Waals surface area (Å²) < 4.78 is 4.87. The molecule has 0 spiro atoms. The average molecular weight is 242 g/mol. The molecule has 0 radical (unpaired) electrons. The first-order chi connectivity index (χ1) is 7.24. The standard InChI is InChI=1S/C10H8ClNO2S/c1-2-14-10(13)7-5-12-9-6(8(7)11)3-4-15-9/h3-5H,2H2,1H3. The van der Waals surface area contributed by atoms with Crippen LogP contribution in [-0.4, -0.2) is 17.6 Å². The lowest BCUT2D eigenvalue weighted by Gasteiger charge is -2.03. The molecule has 0 atom stereocenters. The van der Waals surface area contributed by atoms with Crippen LogP contribution in [0.15, 0.2) is 17.6 Å². The van der Waals surface area contributed by atoms with E-state index in [9.17, 15) is 4.79 Å². The first kappa shape index (κ1) is 10.4. The summed E-state index contributed by atoms with van der Waals surface area (Å²) in [6.07, 6.45) is 1.46. The minimum Gasteiger partial charge on any atom is -0.462 e. The van der Waals surface area contributed by atoms with Crippen molar-refractivity contribution in [1.82, 2.24) is 4.98 Å². The lowest BCUT2D eigenvalue weighted by molar-refractivity contribution is 0.0526. The quantitative estimate of drug-likeness (QED) is 0.759. The van der Waals surface area contributed by atoms with E-state index >= 15 is 0 Å². The smallest absolute Gasteiger partial charge is 0.341 e. The molecule has 0 aliphatic heterocycles. The Bertz CT molecular complexity index is 509. The number of thiophene rings is 1. The molecule has 2 aromatic heterocycles. The van der Waals surface area contributed by atoms with Crippen LogP contribution in [0, 0.1) is 0 Å². The Morgan fingerprint density at radius 1 is 1.67 bits per heavy atom.